The molecule has 1 N–H and O–H groups in total. The predicted molar refractivity (Wildman–Crippen MR) is 72.1 cm³/mol. The molecule has 0 aromatic carbocycles. The van der Waals surface area contributed by atoms with Gasteiger partial charge in [0.2, 0.25) is 0 Å². The number of ether oxygens (including phenoxy) is 1. The van der Waals surface area contributed by atoms with Crippen molar-refractivity contribution in [2.75, 3.05) is 6.61 Å². The molecule has 3 heteroatoms. The van der Waals surface area contributed by atoms with Crippen molar-refractivity contribution in [1.29, 1.82) is 0 Å². The van der Waals surface area contributed by atoms with Crippen LogP contribution < -0.4 is 0 Å². The Kier molecular flexibility index (Phi) is 5.20. The van der Waals surface area contributed by atoms with E-state index in [0.717, 1.165) is 12.8 Å². The molecule has 0 radical (unpaired) electrons. The lowest BCUT2D eigenvalue weighted by Gasteiger charge is -2.41. The zero-order chi connectivity index (χ0) is 13.9. The Morgan fingerprint density at radius 3 is 2.50 bits per heavy atom. The van der Waals surface area contributed by atoms with Gasteiger partial charge >= 0.3 is 5.97 Å². The van der Waals surface area contributed by atoms with E-state index in [9.17, 15) is 9.90 Å². The highest BCUT2D eigenvalue weighted by molar-refractivity contribution is 5.73. The average Bonchev–Trinajstić information content (AvgIpc) is 2.23. The summed E-state index contributed by atoms with van der Waals surface area (Å²) >= 11 is 0. The molecule has 1 rings (SSSR count). The van der Waals surface area contributed by atoms with E-state index in [1.807, 2.05) is 0 Å². The number of hydrogen-bond acceptors (Lipinski definition) is 3. The second-order valence-electron chi connectivity index (χ2n) is 6.90. The van der Waals surface area contributed by atoms with Gasteiger partial charge in [-0.1, -0.05) is 27.7 Å². The fourth-order valence-electron chi connectivity index (χ4n) is 2.97. The fraction of sp³-hybridized carbons (Fsp3) is 0.933. The number of rotatable bonds is 4. The van der Waals surface area contributed by atoms with E-state index >= 15 is 0 Å². The van der Waals surface area contributed by atoms with Crippen LogP contribution in [0.2, 0.25) is 0 Å². The molecule has 3 unspecified atom stereocenters. The molecule has 0 aromatic rings. The maximum Gasteiger partial charge on any atom is 0.309 e. The molecule has 1 saturated carbocycles. The molecule has 3 atom stereocenters. The molecule has 0 heterocycles. The van der Waals surface area contributed by atoms with Crippen molar-refractivity contribution in [1.82, 2.24) is 0 Å². The summed E-state index contributed by atoms with van der Waals surface area (Å²) in [5.74, 6) is 0.791. The molecule has 0 spiro atoms. The summed E-state index contributed by atoms with van der Waals surface area (Å²) in [6.07, 6.45) is 2.59. The van der Waals surface area contributed by atoms with Crippen molar-refractivity contribution in [2.45, 2.75) is 60.0 Å². The molecule has 106 valence electrons. The Morgan fingerprint density at radius 2 is 2.00 bits per heavy atom. The van der Waals surface area contributed by atoms with E-state index in [0.29, 0.717) is 11.8 Å². The van der Waals surface area contributed by atoms with Gasteiger partial charge in [-0.2, -0.15) is 0 Å². The monoisotopic (exact) mass is 256 g/mol. The standard InChI is InChI=1S/C15H28O3/c1-10(2)12-6-7-15(4,5)8-13(12)14(17)18-9-11(3)16/h10-13,16H,6-9H2,1-5H3. The van der Waals surface area contributed by atoms with Crippen LogP contribution in [0.25, 0.3) is 0 Å². The van der Waals surface area contributed by atoms with E-state index in [2.05, 4.69) is 27.7 Å². The van der Waals surface area contributed by atoms with Crippen LogP contribution in [-0.2, 0) is 9.53 Å². The number of hydrogen-bond donors (Lipinski definition) is 1. The van der Waals surface area contributed by atoms with Crippen LogP contribution in [0.5, 0.6) is 0 Å². The first-order chi connectivity index (χ1) is 8.23. The highest BCUT2D eigenvalue weighted by atomic mass is 16.5. The molecular weight excluding hydrogens is 228 g/mol. The van der Waals surface area contributed by atoms with E-state index in [1.54, 1.807) is 6.92 Å². The normalized spacial score (nSPS) is 29.1. The van der Waals surface area contributed by atoms with Crippen LogP contribution in [-0.4, -0.2) is 23.8 Å². The van der Waals surface area contributed by atoms with Crippen molar-refractivity contribution in [2.24, 2.45) is 23.2 Å². The van der Waals surface area contributed by atoms with Crippen molar-refractivity contribution in [3.63, 3.8) is 0 Å². The molecule has 0 amide bonds. The van der Waals surface area contributed by atoms with E-state index in [-0.39, 0.29) is 23.9 Å². The first-order valence-electron chi connectivity index (χ1n) is 7.07. The summed E-state index contributed by atoms with van der Waals surface area (Å²) in [5.41, 5.74) is 0.222. The second-order valence-corrected chi connectivity index (χ2v) is 6.90. The van der Waals surface area contributed by atoms with Gasteiger partial charge in [-0.3, -0.25) is 4.79 Å². The third kappa shape index (κ3) is 4.27. The van der Waals surface area contributed by atoms with Gasteiger partial charge in [0.15, 0.2) is 0 Å². The highest BCUT2D eigenvalue weighted by Gasteiger charge is 2.40. The van der Waals surface area contributed by atoms with Crippen molar-refractivity contribution in [3.8, 4) is 0 Å². The summed E-state index contributed by atoms with van der Waals surface area (Å²) < 4.78 is 5.23. The maximum absolute atomic E-state index is 12.2. The highest BCUT2D eigenvalue weighted by Crippen LogP contribution is 2.44. The Bertz CT molecular complexity index is 281. The Morgan fingerprint density at radius 1 is 1.39 bits per heavy atom. The molecule has 1 aliphatic carbocycles. The van der Waals surface area contributed by atoms with E-state index < -0.39 is 6.10 Å². The summed E-state index contributed by atoms with van der Waals surface area (Å²) in [6, 6.07) is 0. The van der Waals surface area contributed by atoms with Gasteiger partial charge in [-0.25, -0.2) is 0 Å². The number of carbonyl (C=O) groups is 1. The molecule has 0 aliphatic heterocycles. The largest absolute Gasteiger partial charge is 0.463 e. The Labute approximate surface area is 111 Å². The van der Waals surface area contributed by atoms with E-state index in [4.69, 9.17) is 4.74 Å². The van der Waals surface area contributed by atoms with Crippen LogP contribution in [0.4, 0.5) is 0 Å². The second kappa shape index (κ2) is 6.05. The minimum atomic E-state index is -0.581. The Hall–Kier alpha value is -0.570. The minimum Gasteiger partial charge on any atom is -0.463 e. The van der Waals surface area contributed by atoms with Gasteiger partial charge in [0.25, 0.3) is 0 Å². The van der Waals surface area contributed by atoms with Gasteiger partial charge in [0.1, 0.15) is 6.61 Å². The lowest BCUT2D eigenvalue weighted by molar-refractivity contribution is -0.157. The first-order valence-corrected chi connectivity index (χ1v) is 7.07. The molecular formula is C15H28O3. The van der Waals surface area contributed by atoms with Gasteiger partial charge in [-0.05, 0) is 43.4 Å². The summed E-state index contributed by atoms with van der Waals surface area (Å²) in [5, 5.41) is 9.20. The first kappa shape index (κ1) is 15.5. The SMILES string of the molecule is CC(O)COC(=O)C1CC(C)(C)CCC1C(C)C. The third-order valence-electron chi connectivity index (χ3n) is 4.07. The van der Waals surface area contributed by atoms with Crippen molar-refractivity contribution in [3.05, 3.63) is 0 Å². The molecule has 0 saturated heterocycles. The summed E-state index contributed by atoms with van der Waals surface area (Å²) in [7, 11) is 0. The number of aliphatic hydroxyl groups excluding tert-OH is 1. The van der Waals surface area contributed by atoms with Crippen LogP contribution in [0.3, 0.4) is 0 Å². The molecule has 0 aromatic heterocycles. The number of esters is 1. The lowest BCUT2D eigenvalue weighted by atomic mass is 9.64. The third-order valence-corrected chi connectivity index (χ3v) is 4.07. The molecule has 0 bridgehead atoms. The van der Waals surface area contributed by atoms with Crippen LogP contribution in [0, 0.1) is 23.2 Å². The number of carbonyl (C=O) groups excluding carboxylic acids is 1. The molecule has 3 nitrogen and oxygen atoms in total. The smallest absolute Gasteiger partial charge is 0.309 e. The van der Waals surface area contributed by atoms with Gasteiger partial charge in [-0.15, -0.1) is 0 Å². The maximum atomic E-state index is 12.2. The van der Waals surface area contributed by atoms with Crippen LogP contribution in [0.15, 0.2) is 0 Å². The fourth-order valence-corrected chi connectivity index (χ4v) is 2.97. The molecule has 1 aliphatic rings. The Balaban J connectivity index is 2.69. The zero-order valence-corrected chi connectivity index (χ0v) is 12.4. The lowest BCUT2D eigenvalue weighted by Crippen LogP contribution is -2.38. The van der Waals surface area contributed by atoms with Gasteiger partial charge < -0.3 is 9.84 Å². The van der Waals surface area contributed by atoms with Crippen LogP contribution in [0.1, 0.15) is 53.9 Å². The molecule has 18 heavy (non-hydrogen) atoms. The predicted octanol–water partition coefficient (Wildman–Crippen LogP) is 3.01. The van der Waals surface area contributed by atoms with Gasteiger partial charge in [0.05, 0.1) is 12.0 Å². The van der Waals surface area contributed by atoms with Gasteiger partial charge in [0, 0.05) is 0 Å². The average molecular weight is 256 g/mol. The van der Waals surface area contributed by atoms with Crippen LogP contribution >= 0.6 is 0 Å². The summed E-state index contributed by atoms with van der Waals surface area (Å²) in [4.78, 5) is 12.2. The summed E-state index contributed by atoms with van der Waals surface area (Å²) in [6.45, 7) is 10.5. The van der Waals surface area contributed by atoms with E-state index in [1.165, 1.54) is 6.42 Å². The minimum absolute atomic E-state index is 0.00694. The number of aliphatic hydroxyl groups is 1. The van der Waals surface area contributed by atoms with Crippen molar-refractivity contribution >= 4 is 5.97 Å². The quantitative estimate of drug-likeness (QED) is 0.786. The van der Waals surface area contributed by atoms with Crippen molar-refractivity contribution < 1.29 is 14.6 Å². The zero-order valence-electron chi connectivity index (χ0n) is 12.4. The molecule has 1 fully saturated rings. The topological polar surface area (TPSA) is 46.5 Å².